The molecule has 2 rings (SSSR count). The summed E-state index contributed by atoms with van der Waals surface area (Å²) < 4.78 is 0. The Morgan fingerprint density at radius 1 is 1.54 bits per heavy atom. The van der Waals surface area contributed by atoms with E-state index in [1.54, 1.807) is 12.3 Å². The highest BCUT2D eigenvalue weighted by molar-refractivity contribution is 5.74. The van der Waals surface area contributed by atoms with Gasteiger partial charge in [-0.3, -0.25) is 4.79 Å². The molecular formula is C10H12N2O. The monoisotopic (exact) mass is 176 g/mol. The Hall–Kier alpha value is -1.38. The minimum absolute atomic E-state index is 0.622. The Bertz CT molecular complexity index is 290. The van der Waals surface area contributed by atoms with Crippen molar-refractivity contribution < 1.29 is 4.79 Å². The molecule has 1 N–H and O–H groups in total. The van der Waals surface area contributed by atoms with Crippen molar-refractivity contribution in [2.24, 2.45) is 5.92 Å². The van der Waals surface area contributed by atoms with Crippen molar-refractivity contribution in [1.82, 2.24) is 4.98 Å². The lowest BCUT2D eigenvalue weighted by atomic mass is 10.3. The van der Waals surface area contributed by atoms with Gasteiger partial charge < -0.3 is 5.32 Å². The molecule has 3 nitrogen and oxygen atoms in total. The molecule has 1 aromatic heterocycles. The number of rotatable bonds is 4. The van der Waals surface area contributed by atoms with Gasteiger partial charge in [-0.2, -0.15) is 0 Å². The number of pyridine rings is 1. The molecule has 0 aromatic carbocycles. The number of aldehydes is 1. The molecule has 0 spiro atoms. The normalized spacial score (nSPS) is 15.4. The fourth-order valence-corrected chi connectivity index (χ4v) is 1.15. The lowest BCUT2D eigenvalue weighted by Crippen LogP contribution is -2.04. The van der Waals surface area contributed by atoms with Crippen LogP contribution in [0.1, 0.15) is 23.2 Å². The second-order valence-electron chi connectivity index (χ2n) is 3.42. The van der Waals surface area contributed by atoms with E-state index in [1.165, 1.54) is 12.8 Å². The van der Waals surface area contributed by atoms with E-state index in [4.69, 9.17) is 0 Å². The molecule has 1 aliphatic carbocycles. The van der Waals surface area contributed by atoms with Crippen LogP contribution in [0.5, 0.6) is 0 Å². The van der Waals surface area contributed by atoms with Crippen molar-refractivity contribution in [2.75, 3.05) is 11.9 Å². The molecule has 0 aliphatic heterocycles. The maximum absolute atomic E-state index is 10.3. The molecule has 1 aliphatic rings. The first-order valence-electron chi connectivity index (χ1n) is 4.53. The second-order valence-corrected chi connectivity index (χ2v) is 3.42. The molecule has 0 atom stereocenters. The Balaban J connectivity index is 1.91. The zero-order valence-electron chi connectivity index (χ0n) is 7.36. The van der Waals surface area contributed by atoms with Crippen LogP contribution in [0, 0.1) is 5.92 Å². The predicted octanol–water partition coefficient (Wildman–Crippen LogP) is 1.72. The van der Waals surface area contributed by atoms with E-state index in [0.717, 1.165) is 24.6 Å². The molecule has 13 heavy (non-hydrogen) atoms. The first-order chi connectivity index (χ1) is 6.38. The zero-order valence-corrected chi connectivity index (χ0v) is 7.36. The predicted molar refractivity (Wildman–Crippen MR) is 50.8 cm³/mol. The van der Waals surface area contributed by atoms with Gasteiger partial charge in [0.05, 0.1) is 0 Å². The van der Waals surface area contributed by atoms with Crippen LogP contribution < -0.4 is 5.32 Å². The fraction of sp³-hybridized carbons (Fsp3) is 0.400. The summed E-state index contributed by atoms with van der Waals surface area (Å²) >= 11 is 0. The van der Waals surface area contributed by atoms with Crippen molar-refractivity contribution >= 4 is 12.1 Å². The van der Waals surface area contributed by atoms with Gasteiger partial charge >= 0.3 is 0 Å². The molecule has 0 bridgehead atoms. The lowest BCUT2D eigenvalue weighted by molar-refractivity contribution is 0.112. The quantitative estimate of drug-likeness (QED) is 0.710. The summed E-state index contributed by atoms with van der Waals surface area (Å²) in [5, 5.41) is 3.23. The van der Waals surface area contributed by atoms with Gasteiger partial charge in [0, 0.05) is 18.3 Å². The first-order valence-corrected chi connectivity index (χ1v) is 4.53. The van der Waals surface area contributed by atoms with E-state index in [-0.39, 0.29) is 0 Å². The summed E-state index contributed by atoms with van der Waals surface area (Å²) in [6.07, 6.45) is 5.05. The third-order valence-electron chi connectivity index (χ3n) is 2.19. The summed E-state index contributed by atoms with van der Waals surface area (Å²) in [5.74, 6) is 1.70. The molecular weight excluding hydrogens is 164 g/mol. The molecule has 1 aromatic rings. The smallest absolute Gasteiger partial charge is 0.151 e. The summed E-state index contributed by atoms with van der Waals surface area (Å²) in [6.45, 7) is 1.01. The molecule has 1 saturated carbocycles. The van der Waals surface area contributed by atoms with E-state index < -0.39 is 0 Å². The average Bonchev–Trinajstić information content (AvgIpc) is 2.99. The Kier molecular flexibility index (Phi) is 2.25. The van der Waals surface area contributed by atoms with Crippen molar-refractivity contribution in [2.45, 2.75) is 12.8 Å². The fourth-order valence-electron chi connectivity index (χ4n) is 1.15. The average molecular weight is 176 g/mol. The Morgan fingerprint density at radius 3 is 2.92 bits per heavy atom. The zero-order chi connectivity index (χ0) is 9.10. The second kappa shape index (κ2) is 3.56. The van der Waals surface area contributed by atoms with Gasteiger partial charge in [-0.25, -0.2) is 4.98 Å². The SMILES string of the molecule is O=Cc1ccc(NCC2CC2)nc1. The molecule has 68 valence electrons. The number of nitrogens with zero attached hydrogens (tertiary/aromatic N) is 1. The molecule has 0 saturated heterocycles. The standard InChI is InChI=1S/C10H12N2O/c13-7-9-3-4-10(12-6-9)11-5-8-1-2-8/h3-4,6-8H,1-2,5H2,(H,11,12). The Labute approximate surface area is 77.2 Å². The molecule has 0 unspecified atom stereocenters. The van der Waals surface area contributed by atoms with Gasteiger partial charge in [0.25, 0.3) is 0 Å². The molecule has 3 heteroatoms. The summed E-state index contributed by atoms with van der Waals surface area (Å²) in [6, 6.07) is 3.61. The highest BCUT2D eigenvalue weighted by Gasteiger charge is 2.20. The van der Waals surface area contributed by atoms with Crippen molar-refractivity contribution in [3.05, 3.63) is 23.9 Å². The molecule has 1 heterocycles. The van der Waals surface area contributed by atoms with Crippen molar-refractivity contribution in [3.8, 4) is 0 Å². The number of aromatic nitrogens is 1. The molecule has 1 fully saturated rings. The largest absolute Gasteiger partial charge is 0.370 e. The summed E-state index contributed by atoms with van der Waals surface area (Å²) in [5.41, 5.74) is 0.622. The topological polar surface area (TPSA) is 42.0 Å². The summed E-state index contributed by atoms with van der Waals surface area (Å²) in [7, 11) is 0. The van der Waals surface area contributed by atoms with Gasteiger partial charge in [-0.1, -0.05) is 0 Å². The van der Waals surface area contributed by atoms with Crippen LogP contribution in [0.3, 0.4) is 0 Å². The third-order valence-corrected chi connectivity index (χ3v) is 2.19. The van der Waals surface area contributed by atoms with Gasteiger partial charge in [-0.05, 0) is 30.9 Å². The van der Waals surface area contributed by atoms with Crippen LogP contribution in [0.4, 0.5) is 5.82 Å². The van der Waals surface area contributed by atoms with E-state index in [1.807, 2.05) is 6.07 Å². The number of carbonyl (C=O) groups is 1. The minimum Gasteiger partial charge on any atom is -0.370 e. The number of hydrogen-bond donors (Lipinski definition) is 1. The highest BCUT2D eigenvalue weighted by Crippen LogP contribution is 2.28. The lowest BCUT2D eigenvalue weighted by Gasteiger charge is -2.02. The van der Waals surface area contributed by atoms with Crippen LogP contribution in [0.25, 0.3) is 0 Å². The number of nitrogens with one attached hydrogen (secondary N) is 1. The highest BCUT2D eigenvalue weighted by atomic mass is 16.1. The number of anilines is 1. The van der Waals surface area contributed by atoms with Crippen LogP contribution in [-0.4, -0.2) is 17.8 Å². The molecule has 0 radical (unpaired) electrons. The summed E-state index contributed by atoms with van der Waals surface area (Å²) in [4.78, 5) is 14.4. The van der Waals surface area contributed by atoms with E-state index in [2.05, 4.69) is 10.3 Å². The van der Waals surface area contributed by atoms with E-state index >= 15 is 0 Å². The third kappa shape index (κ3) is 2.28. The van der Waals surface area contributed by atoms with Gasteiger partial charge in [0.2, 0.25) is 0 Å². The maximum Gasteiger partial charge on any atom is 0.151 e. The first kappa shape index (κ1) is 8.23. The van der Waals surface area contributed by atoms with Gasteiger partial charge in [0.1, 0.15) is 5.82 Å². The van der Waals surface area contributed by atoms with Crippen LogP contribution in [0.15, 0.2) is 18.3 Å². The van der Waals surface area contributed by atoms with Gasteiger partial charge in [-0.15, -0.1) is 0 Å². The number of carbonyl (C=O) groups excluding carboxylic acids is 1. The van der Waals surface area contributed by atoms with Crippen LogP contribution >= 0.6 is 0 Å². The molecule has 0 amide bonds. The minimum atomic E-state index is 0.622. The van der Waals surface area contributed by atoms with Gasteiger partial charge in [0.15, 0.2) is 6.29 Å². The van der Waals surface area contributed by atoms with Crippen molar-refractivity contribution in [3.63, 3.8) is 0 Å². The number of hydrogen-bond acceptors (Lipinski definition) is 3. The maximum atomic E-state index is 10.3. The van der Waals surface area contributed by atoms with Crippen LogP contribution in [0.2, 0.25) is 0 Å². The van der Waals surface area contributed by atoms with E-state index in [9.17, 15) is 4.79 Å². The van der Waals surface area contributed by atoms with Crippen LogP contribution in [-0.2, 0) is 0 Å². The van der Waals surface area contributed by atoms with Crippen molar-refractivity contribution in [1.29, 1.82) is 0 Å². The van der Waals surface area contributed by atoms with E-state index in [0.29, 0.717) is 5.56 Å². The Morgan fingerprint density at radius 2 is 2.38 bits per heavy atom.